The van der Waals surface area contributed by atoms with Crippen molar-refractivity contribution in [2.75, 3.05) is 6.61 Å². The molecule has 2 unspecified atom stereocenters. The van der Waals surface area contributed by atoms with E-state index in [2.05, 4.69) is 45.2 Å². The number of rotatable bonds is 13. The van der Waals surface area contributed by atoms with Gasteiger partial charge in [0.15, 0.2) is 0 Å². The van der Waals surface area contributed by atoms with Crippen molar-refractivity contribution in [2.45, 2.75) is 85.5 Å². The largest absolute Gasteiger partial charge is 0.491 e. The van der Waals surface area contributed by atoms with Gasteiger partial charge >= 0.3 is 0 Å². The maximum atomic E-state index is 6.57. The molecule has 2 atom stereocenters. The van der Waals surface area contributed by atoms with E-state index in [4.69, 9.17) is 12.6 Å². The minimum absolute atomic E-state index is 0.629. The van der Waals surface area contributed by atoms with E-state index in [9.17, 15) is 0 Å². The van der Waals surface area contributed by atoms with Crippen LogP contribution in [0.3, 0.4) is 0 Å². The zero-order chi connectivity index (χ0) is 21.5. The van der Waals surface area contributed by atoms with Crippen molar-refractivity contribution in [3.05, 3.63) is 23.1 Å². The van der Waals surface area contributed by atoms with E-state index in [1.54, 1.807) is 11.3 Å². The number of thiophene rings is 2. The van der Waals surface area contributed by atoms with Crippen LogP contribution < -0.4 is 9.51 Å². The fraction of sp³-hybridized carbons (Fsp3) is 0.615. The number of hydrogen-bond acceptors (Lipinski definition) is 3. The number of unbranched alkanes of at least 4 members (excludes halogenated alkanes) is 2. The van der Waals surface area contributed by atoms with E-state index in [0.29, 0.717) is 5.92 Å². The Bertz CT molecular complexity index is 926. The summed E-state index contributed by atoms with van der Waals surface area (Å²) in [5.74, 6) is 2.44. The molecule has 4 heteroatoms. The van der Waals surface area contributed by atoms with Crippen LogP contribution >= 0.6 is 22.7 Å². The number of hydrogen-bond donors (Lipinski definition) is 0. The average Bonchev–Trinajstić information content (AvgIpc) is 3.38. The molecule has 162 valence electrons. The molecule has 2 heterocycles. The summed E-state index contributed by atoms with van der Waals surface area (Å²) in [5, 5.41) is 4.86. The third-order valence-corrected chi connectivity index (χ3v) is 8.45. The van der Waals surface area contributed by atoms with E-state index in [1.165, 1.54) is 77.1 Å². The van der Waals surface area contributed by atoms with Gasteiger partial charge in [-0.15, -0.1) is 11.3 Å². The van der Waals surface area contributed by atoms with Gasteiger partial charge < -0.3 is 4.74 Å². The SMILES string of the molecule is [B]c1cc2c(OCC(CC)CCCC)c3sccc3c(CC(CC)CCCC)c2s1. The van der Waals surface area contributed by atoms with Crippen LogP contribution in [0.2, 0.25) is 0 Å². The van der Waals surface area contributed by atoms with Gasteiger partial charge in [-0.05, 0) is 52.5 Å². The molecule has 0 saturated carbocycles. The lowest BCUT2D eigenvalue weighted by atomic mass is 9.90. The average molecular weight is 441 g/mol. The van der Waals surface area contributed by atoms with Gasteiger partial charge in [-0.25, -0.2) is 0 Å². The molecule has 0 saturated heterocycles. The number of ether oxygens (including phenoxy) is 1. The Morgan fingerprint density at radius 1 is 0.933 bits per heavy atom. The molecular formula is C26H37BOS2. The van der Waals surface area contributed by atoms with Gasteiger partial charge in [-0.2, -0.15) is 11.3 Å². The van der Waals surface area contributed by atoms with Crippen molar-refractivity contribution < 1.29 is 4.74 Å². The zero-order valence-corrected chi connectivity index (χ0v) is 20.9. The Morgan fingerprint density at radius 2 is 1.63 bits per heavy atom. The Hall–Kier alpha value is -0.995. The lowest BCUT2D eigenvalue weighted by Gasteiger charge is -2.19. The molecule has 2 radical (unpaired) electrons. The van der Waals surface area contributed by atoms with Crippen LogP contribution in [0.4, 0.5) is 0 Å². The van der Waals surface area contributed by atoms with Crippen molar-refractivity contribution in [2.24, 2.45) is 11.8 Å². The quantitative estimate of drug-likeness (QED) is 0.243. The molecule has 0 aliphatic rings. The fourth-order valence-electron chi connectivity index (χ4n) is 4.45. The van der Waals surface area contributed by atoms with Crippen molar-refractivity contribution >= 4 is 55.5 Å². The Balaban J connectivity index is 1.98. The molecule has 0 aliphatic carbocycles. The normalized spacial score (nSPS) is 13.9. The molecule has 0 bridgehead atoms. The zero-order valence-electron chi connectivity index (χ0n) is 19.3. The Morgan fingerprint density at radius 3 is 2.30 bits per heavy atom. The molecule has 2 aromatic heterocycles. The third-order valence-electron chi connectivity index (χ3n) is 6.51. The second-order valence-corrected chi connectivity index (χ2v) is 10.7. The van der Waals surface area contributed by atoms with Crippen molar-refractivity contribution in [3.8, 4) is 5.75 Å². The lowest BCUT2D eigenvalue weighted by molar-refractivity contribution is 0.238. The molecule has 1 aromatic carbocycles. The van der Waals surface area contributed by atoms with Crippen molar-refractivity contribution in [1.82, 2.24) is 0 Å². The van der Waals surface area contributed by atoms with E-state index in [1.807, 2.05) is 11.3 Å². The van der Waals surface area contributed by atoms with Crippen LogP contribution in [0.5, 0.6) is 5.75 Å². The van der Waals surface area contributed by atoms with Gasteiger partial charge in [0.25, 0.3) is 0 Å². The monoisotopic (exact) mass is 440 g/mol. The first kappa shape index (κ1) is 23.7. The maximum Gasteiger partial charge on any atom is 0.145 e. The topological polar surface area (TPSA) is 9.23 Å². The maximum absolute atomic E-state index is 6.57. The van der Waals surface area contributed by atoms with E-state index >= 15 is 0 Å². The Kier molecular flexibility index (Phi) is 9.13. The summed E-state index contributed by atoms with van der Waals surface area (Å²) in [6.45, 7) is 9.99. The van der Waals surface area contributed by atoms with Gasteiger partial charge in [-0.1, -0.05) is 72.6 Å². The summed E-state index contributed by atoms with van der Waals surface area (Å²) in [4.78, 5) is 0. The summed E-state index contributed by atoms with van der Waals surface area (Å²) in [6, 6.07) is 4.45. The lowest BCUT2D eigenvalue weighted by Crippen LogP contribution is -2.11. The Labute approximate surface area is 192 Å². The molecule has 0 amide bonds. The molecule has 0 aliphatic heterocycles. The predicted octanol–water partition coefficient (Wildman–Crippen LogP) is 8.26. The van der Waals surface area contributed by atoms with E-state index in [-0.39, 0.29) is 0 Å². The first-order valence-corrected chi connectivity index (χ1v) is 13.7. The molecule has 1 nitrogen and oxygen atoms in total. The number of benzene rings is 1. The summed E-state index contributed by atoms with van der Waals surface area (Å²) in [7, 11) is 6.32. The highest BCUT2D eigenvalue weighted by atomic mass is 32.1. The summed E-state index contributed by atoms with van der Waals surface area (Å²) < 4.78 is 10.1. The third kappa shape index (κ3) is 5.43. The standard InChI is InChI=1S/C26H37BOS2/c1-5-9-11-18(7-3)15-21-20-13-14-29-26(20)24(22-16-23(27)30-25(21)22)28-17-19(8-4)12-10-6-2/h13-14,16,18-19H,5-12,15,17H2,1-4H3. The second kappa shape index (κ2) is 11.6. The van der Waals surface area contributed by atoms with Gasteiger partial charge in [0.05, 0.1) is 11.3 Å². The van der Waals surface area contributed by atoms with E-state index in [0.717, 1.165) is 29.5 Å². The molecule has 30 heavy (non-hydrogen) atoms. The van der Waals surface area contributed by atoms with Crippen LogP contribution in [0.1, 0.15) is 84.6 Å². The van der Waals surface area contributed by atoms with Crippen LogP contribution in [-0.4, -0.2) is 14.5 Å². The second-order valence-electron chi connectivity index (χ2n) is 8.71. The van der Waals surface area contributed by atoms with Crippen LogP contribution in [0.25, 0.3) is 20.2 Å². The van der Waals surface area contributed by atoms with Crippen molar-refractivity contribution in [1.29, 1.82) is 0 Å². The molecule has 3 aromatic rings. The van der Waals surface area contributed by atoms with Crippen LogP contribution in [-0.2, 0) is 6.42 Å². The summed E-state index contributed by atoms with van der Waals surface area (Å²) in [5.41, 5.74) is 1.50. The van der Waals surface area contributed by atoms with Crippen LogP contribution in [0, 0.1) is 11.8 Å². The van der Waals surface area contributed by atoms with Gasteiger partial charge in [0.1, 0.15) is 13.6 Å². The molecule has 0 spiro atoms. The van der Waals surface area contributed by atoms with Gasteiger partial charge in [0.2, 0.25) is 0 Å². The summed E-state index contributed by atoms with van der Waals surface area (Å²) in [6.07, 6.45) is 11.3. The first-order chi connectivity index (χ1) is 14.6. The first-order valence-electron chi connectivity index (χ1n) is 12.0. The van der Waals surface area contributed by atoms with Gasteiger partial charge in [0, 0.05) is 15.5 Å². The van der Waals surface area contributed by atoms with E-state index < -0.39 is 0 Å². The molecular weight excluding hydrogens is 403 g/mol. The van der Waals surface area contributed by atoms with Gasteiger partial charge in [-0.3, -0.25) is 0 Å². The highest BCUT2D eigenvalue weighted by molar-refractivity contribution is 7.26. The molecule has 0 fully saturated rings. The minimum Gasteiger partial charge on any atom is -0.491 e. The molecule has 0 N–H and O–H groups in total. The minimum atomic E-state index is 0.629. The fourth-order valence-corrected chi connectivity index (χ4v) is 6.37. The highest BCUT2D eigenvalue weighted by Crippen LogP contribution is 2.44. The summed E-state index contributed by atoms with van der Waals surface area (Å²) >= 11 is 3.56. The van der Waals surface area contributed by atoms with Crippen molar-refractivity contribution in [3.63, 3.8) is 0 Å². The smallest absolute Gasteiger partial charge is 0.145 e. The van der Waals surface area contributed by atoms with Crippen LogP contribution in [0.15, 0.2) is 17.5 Å². The highest BCUT2D eigenvalue weighted by Gasteiger charge is 2.21. The number of fused-ring (bicyclic) bond motifs is 2. The predicted molar refractivity (Wildman–Crippen MR) is 138 cm³/mol. The molecule has 3 rings (SSSR count).